The van der Waals surface area contributed by atoms with Gasteiger partial charge in [-0.1, -0.05) is 29.5 Å². The molecule has 1 fully saturated rings. The number of ether oxygens (including phenoxy) is 2. The number of nitrogens with zero attached hydrogens (tertiary/aromatic N) is 2. The molecule has 6 rings (SSSR count). The second kappa shape index (κ2) is 9.54. The summed E-state index contributed by atoms with van der Waals surface area (Å²) in [6.45, 7) is 8.40. The minimum Gasteiger partial charge on any atom is -0.507 e. The number of ketones is 1. The van der Waals surface area contributed by atoms with Crippen LogP contribution in [0.15, 0.2) is 60.2 Å². The number of Topliss-reactive ketones (excluding diaryl/α,β-unsaturated/α-hetero) is 1. The van der Waals surface area contributed by atoms with Crippen LogP contribution in [0.3, 0.4) is 0 Å². The Morgan fingerprint density at radius 2 is 1.90 bits per heavy atom. The number of carbonyl (C=O) groups is 2. The van der Waals surface area contributed by atoms with E-state index in [0.717, 1.165) is 32.7 Å². The number of benzene rings is 3. The largest absolute Gasteiger partial charge is 0.507 e. The normalized spacial score (nSPS) is 19.9. The Morgan fingerprint density at radius 3 is 2.64 bits per heavy atom. The second-order valence-electron chi connectivity index (χ2n) is 10.1. The summed E-state index contributed by atoms with van der Waals surface area (Å²) in [5.74, 6) is -0.240. The van der Waals surface area contributed by atoms with E-state index < -0.39 is 17.7 Å². The number of thiazole rings is 1. The number of rotatable bonds is 5. The molecule has 1 aromatic heterocycles. The zero-order valence-corrected chi connectivity index (χ0v) is 23.0. The van der Waals surface area contributed by atoms with Crippen molar-refractivity contribution < 1.29 is 24.2 Å². The van der Waals surface area contributed by atoms with Crippen molar-refractivity contribution >= 4 is 44.1 Å². The third kappa shape index (κ3) is 4.25. The van der Waals surface area contributed by atoms with Crippen molar-refractivity contribution in [3.63, 3.8) is 0 Å². The molecule has 2 atom stereocenters. The predicted octanol–water partition coefficient (Wildman–Crippen LogP) is 6.26. The first kappa shape index (κ1) is 25.1. The van der Waals surface area contributed by atoms with Crippen molar-refractivity contribution in [3.8, 4) is 11.5 Å². The van der Waals surface area contributed by atoms with Crippen molar-refractivity contribution in [2.24, 2.45) is 0 Å². The SMILES string of the molecule is CCOc1ccc([C@@H]2/C(=C(\O)c3ccc4c(c3)C[C@H](C)O4)C(=O)C(=O)N2c2nc3c(C)cc(C)cc3s2)cc1. The fourth-order valence-electron chi connectivity index (χ4n) is 5.45. The molecule has 39 heavy (non-hydrogen) atoms. The Hall–Kier alpha value is -4.17. The Bertz CT molecular complexity index is 1670. The highest BCUT2D eigenvalue weighted by Crippen LogP contribution is 2.45. The zero-order chi connectivity index (χ0) is 27.4. The second-order valence-corrected chi connectivity index (χ2v) is 11.1. The molecule has 4 aromatic rings. The zero-order valence-electron chi connectivity index (χ0n) is 22.1. The number of amides is 1. The summed E-state index contributed by atoms with van der Waals surface area (Å²) in [4.78, 5) is 33.4. The van der Waals surface area contributed by atoms with Gasteiger partial charge in [0.15, 0.2) is 5.13 Å². The summed E-state index contributed by atoms with van der Waals surface area (Å²) in [5.41, 5.74) is 5.01. The Labute approximate surface area is 230 Å². The van der Waals surface area contributed by atoms with Gasteiger partial charge in [0.05, 0.1) is 28.4 Å². The Morgan fingerprint density at radius 1 is 1.13 bits per heavy atom. The summed E-state index contributed by atoms with van der Waals surface area (Å²) in [6.07, 6.45) is 0.746. The van der Waals surface area contributed by atoms with Crippen molar-refractivity contribution in [1.29, 1.82) is 0 Å². The molecule has 0 bridgehead atoms. The monoisotopic (exact) mass is 540 g/mol. The molecule has 3 heterocycles. The summed E-state index contributed by atoms with van der Waals surface area (Å²) in [5, 5.41) is 12.0. The average Bonchev–Trinajstić information content (AvgIpc) is 3.57. The highest BCUT2D eigenvalue weighted by atomic mass is 32.1. The van der Waals surface area contributed by atoms with Gasteiger partial charge in [-0.05, 0) is 86.3 Å². The van der Waals surface area contributed by atoms with Crippen LogP contribution in [0.4, 0.5) is 5.13 Å². The number of hydrogen-bond acceptors (Lipinski definition) is 7. The molecule has 8 heteroatoms. The summed E-state index contributed by atoms with van der Waals surface area (Å²) in [7, 11) is 0. The molecule has 1 amide bonds. The molecular weight excluding hydrogens is 512 g/mol. The fraction of sp³-hybridized carbons (Fsp3) is 0.258. The summed E-state index contributed by atoms with van der Waals surface area (Å²) < 4.78 is 12.3. The van der Waals surface area contributed by atoms with E-state index in [0.29, 0.717) is 35.0 Å². The van der Waals surface area contributed by atoms with Crippen LogP contribution < -0.4 is 14.4 Å². The minimum atomic E-state index is -0.855. The van der Waals surface area contributed by atoms with Crippen LogP contribution in [-0.4, -0.2) is 34.5 Å². The van der Waals surface area contributed by atoms with Crippen molar-refractivity contribution in [2.45, 2.75) is 46.3 Å². The molecule has 1 saturated heterocycles. The molecule has 0 unspecified atom stereocenters. The lowest BCUT2D eigenvalue weighted by Crippen LogP contribution is -2.29. The van der Waals surface area contributed by atoms with Gasteiger partial charge in [0.2, 0.25) is 0 Å². The van der Waals surface area contributed by atoms with Gasteiger partial charge in [-0.2, -0.15) is 0 Å². The van der Waals surface area contributed by atoms with E-state index in [4.69, 9.17) is 14.5 Å². The smallest absolute Gasteiger partial charge is 0.301 e. The van der Waals surface area contributed by atoms with Crippen LogP contribution in [0, 0.1) is 13.8 Å². The first-order chi connectivity index (χ1) is 18.7. The first-order valence-corrected chi connectivity index (χ1v) is 13.8. The maximum absolute atomic E-state index is 13.6. The van der Waals surface area contributed by atoms with Crippen LogP contribution in [0.2, 0.25) is 0 Å². The van der Waals surface area contributed by atoms with Gasteiger partial charge in [0.1, 0.15) is 23.4 Å². The maximum atomic E-state index is 13.6. The molecule has 0 radical (unpaired) electrons. The topological polar surface area (TPSA) is 89.0 Å². The fourth-order valence-corrected chi connectivity index (χ4v) is 6.61. The van der Waals surface area contributed by atoms with Crippen molar-refractivity contribution in [1.82, 2.24) is 4.98 Å². The molecule has 0 spiro atoms. The molecule has 7 nitrogen and oxygen atoms in total. The third-order valence-corrected chi connectivity index (χ3v) is 8.15. The Kier molecular flexibility index (Phi) is 6.14. The molecule has 0 saturated carbocycles. The van der Waals surface area contributed by atoms with Crippen molar-refractivity contribution in [3.05, 3.63) is 88.0 Å². The summed E-state index contributed by atoms with van der Waals surface area (Å²) in [6, 6.07) is 15.8. The van der Waals surface area contributed by atoms with Gasteiger partial charge in [0, 0.05) is 12.0 Å². The van der Waals surface area contributed by atoms with Gasteiger partial charge >= 0.3 is 5.91 Å². The Balaban J connectivity index is 1.53. The van der Waals surface area contributed by atoms with Crippen molar-refractivity contribution in [2.75, 3.05) is 11.5 Å². The van der Waals surface area contributed by atoms with Gasteiger partial charge in [0.25, 0.3) is 5.78 Å². The molecular formula is C31H28N2O5S. The third-order valence-electron chi connectivity index (χ3n) is 7.15. The van der Waals surface area contributed by atoms with Gasteiger partial charge in [-0.3, -0.25) is 14.5 Å². The van der Waals surface area contributed by atoms with Gasteiger partial charge in [-0.25, -0.2) is 4.98 Å². The van der Waals surface area contributed by atoms with E-state index in [1.807, 2.05) is 58.0 Å². The number of carbonyl (C=O) groups excluding carboxylic acids is 2. The van der Waals surface area contributed by atoms with Crippen LogP contribution >= 0.6 is 11.3 Å². The molecule has 2 aliphatic rings. The van der Waals surface area contributed by atoms with E-state index in [1.165, 1.54) is 16.2 Å². The number of aromatic nitrogens is 1. The van der Waals surface area contributed by atoms with E-state index in [2.05, 4.69) is 0 Å². The molecule has 1 N–H and O–H groups in total. The minimum absolute atomic E-state index is 0.0308. The number of hydrogen-bond donors (Lipinski definition) is 1. The number of aliphatic hydroxyl groups is 1. The van der Waals surface area contributed by atoms with Gasteiger partial charge in [-0.15, -0.1) is 0 Å². The predicted molar refractivity (Wildman–Crippen MR) is 152 cm³/mol. The van der Waals surface area contributed by atoms with Crippen LogP contribution in [-0.2, 0) is 16.0 Å². The highest BCUT2D eigenvalue weighted by Gasteiger charge is 2.48. The van der Waals surface area contributed by atoms with E-state index >= 15 is 0 Å². The lowest BCUT2D eigenvalue weighted by Gasteiger charge is -2.23. The average molecular weight is 541 g/mol. The molecule has 198 valence electrons. The van der Waals surface area contributed by atoms with Crippen LogP contribution in [0.1, 0.15) is 47.7 Å². The molecule has 2 aliphatic heterocycles. The number of anilines is 1. The number of aliphatic hydroxyl groups excluding tert-OH is 1. The maximum Gasteiger partial charge on any atom is 0.301 e. The first-order valence-electron chi connectivity index (χ1n) is 13.0. The highest BCUT2D eigenvalue weighted by molar-refractivity contribution is 7.22. The van der Waals surface area contributed by atoms with E-state index in [1.54, 1.807) is 24.3 Å². The van der Waals surface area contributed by atoms with Crippen LogP contribution in [0.5, 0.6) is 11.5 Å². The number of aryl methyl sites for hydroxylation is 2. The molecule has 3 aromatic carbocycles. The molecule has 0 aliphatic carbocycles. The quantitative estimate of drug-likeness (QED) is 0.183. The number of fused-ring (bicyclic) bond motifs is 2. The van der Waals surface area contributed by atoms with Crippen LogP contribution in [0.25, 0.3) is 16.0 Å². The lowest BCUT2D eigenvalue weighted by molar-refractivity contribution is -0.132. The van der Waals surface area contributed by atoms with E-state index in [-0.39, 0.29) is 17.4 Å². The summed E-state index contributed by atoms with van der Waals surface area (Å²) >= 11 is 1.36. The van der Waals surface area contributed by atoms with E-state index in [9.17, 15) is 14.7 Å². The van der Waals surface area contributed by atoms with Gasteiger partial charge < -0.3 is 14.6 Å². The lowest BCUT2D eigenvalue weighted by atomic mass is 9.94. The standard InChI is InChI=1S/C31H28N2O5S/c1-5-37-22-9-6-19(7-10-22)27-25(28(34)20-8-11-23-21(15-20)14-18(4)38-23)29(35)30(36)33(27)31-32-26-17(3)12-16(2)13-24(26)39-31/h6-13,15,18,27,34H,5,14H2,1-4H3/b28-25+/t18-,27+/m0/s1.